The Hall–Kier alpha value is -4.38. The van der Waals surface area contributed by atoms with Gasteiger partial charge in [-0.05, 0) is 35.4 Å². The molecule has 0 atom stereocenters. The Labute approximate surface area is 243 Å². The molecule has 0 bridgehead atoms. The molecule has 0 aliphatic heterocycles. The molecule has 5 aromatic carbocycles. The average Bonchev–Trinajstić information content (AvgIpc) is 3.02. The number of rotatable bonds is 10. The summed E-state index contributed by atoms with van der Waals surface area (Å²) in [6.45, 7) is 0. The zero-order valence-electron chi connectivity index (χ0n) is 21.6. The van der Waals surface area contributed by atoms with Crippen molar-refractivity contribution in [2.75, 3.05) is 0 Å². The van der Waals surface area contributed by atoms with Gasteiger partial charge >= 0.3 is 0 Å². The number of thioether (sulfide) groups is 2. The van der Waals surface area contributed by atoms with Gasteiger partial charge in [0.2, 0.25) is 0 Å². The van der Waals surface area contributed by atoms with Crippen LogP contribution in [0.3, 0.4) is 0 Å². The van der Waals surface area contributed by atoms with Crippen molar-refractivity contribution in [3.63, 3.8) is 0 Å². The molecule has 0 unspecified atom stereocenters. The summed E-state index contributed by atoms with van der Waals surface area (Å²) in [5.74, 6) is -0.220. The Morgan fingerprint density at radius 3 is 1.00 bits per heavy atom. The second-order valence-corrected chi connectivity index (χ2v) is 11.1. The van der Waals surface area contributed by atoms with Gasteiger partial charge in [0, 0.05) is 42.9 Å². The summed E-state index contributed by atoms with van der Waals surface area (Å²) < 4.78 is 0. The molecule has 2 nitrogen and oxygen atoms in total. The molecule has 0 aliphatic rings. The summed E-state index contributed by atoms with van der Waals surface area (Å²) in [5.41, 5.74) is 3.02. The quantitative estimate of drug-likeness (QED) is 0.0977. The molecule has 0 radical (unpaired) electrons. The zero-order chi connectivity index (χ0) is 27.6. The van der Waals surface area contributed by atoms with E-state index in [0.717, 1.165) is 30.7 Å². The van der Waals surface area contributed by atoms with E-state index in [1.54, 1.807) is 59.9 Å². The van der Waals surface area contributed by atoms with Gasteiger partial charge in [-0.25, -0.2) is 0 Å². The van der Waals surface area contributed by atoms with Gasteiger partial charge in [0.05, 0.1) is 0 Å². The van der Waals surface area contributed by atoms with Gasteiger partial charge < -0.3 is 0 Å². The summed E-state index contributed by atoms with van der Waals surface area (Å²) in [6, 6.07) is 46.7. The molecule has 0 amide bonds. The van der Waals surface area contributed by atoms with Gasteiger partial charge in [-0.3, -0.25) is 9.59 Å². The van der Waals surface area contributed by atoms with Crippen molar-refractivity contribution < 1.29 is 9.59 Å². The Morgan fingerprint density at radius 2 is 0.675 bits per heavy atom. The lowest BCUT2D eigenvalue weighted by Gasteiger charge is -2.09. The van der Waals surface area contributed by atoms with Crippen LogP contribution in [0.5, 0.6) is 0 Å². The van der Waals surface area contributed by atoms with E-state index < -0.39 is 0 Å². The minimum absolute atomic E-state index is 0.110. The minimum atomic E-state index is -0.110. The van der Waals surface area contributed by atoms with Gasteiger partial charge in [0.25, 0.3) is 0 Å². The van der Waals surface area contributed by atoms with Crippen LogP contribution in [0, 0.1) is 0 Å². The van der Waals surface area contributed by atoms with E-state index in [4.69, 9.17) is 0 Å². The Balaban J connectivity index is 1.38. The number of hydrogen-bond acceptors (Lipinski definition) is 4. The number of allylic oxidation sites excluding steroid dienone is 2. The summed E-state index contributed by atoms with van der Waals surface area (Å²) >= 11 is 3.11. The maximum absolute atomic E-state index is 13.3. The fraction of sp³-hybridized carbons (Fsp3) is 0. The van der Waals surface area contributed by atoms with E-state index in [1.807, 2.05) is 121 Å². The van der Waals surface area contributed by atoms with E-state index in [1.165, 1.54) is 0 Å². The number of carbonyl (C=O) groups is 2. The predicted octanol–water partition coefficient (Wildman–Crippen LogP) is 9.72. The van der Waals surface area contributed by atoms with Crippen LogP contribution in [-0.4, -0.2) is 11.6 Å². The van der Waals surface area contributed by atoms with E-state index in [0.29, 0.717) is 11.1 Å². The van der Waals surface area contributed by atoms with Crippen molar-refractivity contribution in [3.05, 3.63) is 180 Å². The SMILES string of the molecule is O=C(C=C(Sc1ccccc1)c1ccccc1)c1ccc(C(=O)C=C(Sc2ccccc2)c2ccccc2)cc1. The largest absolute Gasteiger partial charge is 0.289 e. The third-order valence-corrected chi connectivity index (χ3v) is 8.20. The monoisotopic (exact) mass is 554 g/mol. The molecular weight excluding hydrogens is 529 g/mol. The molecule has 40 heavy (non-hydrogen) atoms. The molecule has 0 saturated heterocycles. The van der Waals surface area contributed by atoms with E-state index in [-0.39, 0.29) is 11.6 Å². The summed E-state index contributed by atoms with van der Waals surface area (Å²) in [4.78, 5) is 30.4. The Bertz CT molecular complexity index is 1500. The first-order valence-electron chi connectivity index (χ1n) is 12.8. The second kappa shape index (κ2) is 13.6. The molecule has 4 heteroatoms. The fourth-order valence-corrected chi connectivity index (χ4v) is 5.92. The normalized spacial score (nSPS) is 11.7. The highest BCUT2D eigenvalue weighted by Gasteiger charge is 2.12. The highest BCUT2D eigenvalue weighted by atomic mass is 32.2. The minimum Gasteiger partial charge on any atom is -0.289 e. The standard InChI is InChI=1S/C36H26O2S2/c37-33(25-35(29-13-5-1-6-14-29)39-31-17-9-3-10-18-31)27-21-23-28(24-22-27)34(38)26-36(30-15-7-2-8-16-30)40-32-19-11-4-12-20-32/h1-26H. The molecule has 0 N–H and O–H groups in total. The van der Waals surface area contributed by atoms with Gasteiger partial charge in [-0.2, -0.15) is 0 Å². The van der Waals surface area contributed by atoms with Crippen LogP contribution in [0.15, 0.2) is 168 Å². The molecule has 0 aliphatic carbocycles. The molecule has 5 aromatic rings. The molecular formula is C36H26O2S2. The van der Waals surface area contributed by atoms with Crippen molar-refractivity contribution in [1.82, 2.24) is 0 Å². The van der Waals surface area contributed by atoms with Crippen LogP contribution in [-0.2, 0) is 0 Å². The summed E-state index contributed by atoms with van der Waals surface area (Å²) in [6.07, 6.45) is 3.35. The van der Waals surface area contributed by atoms with E-state index in [2.05, 4.69) is 0 Å². The van der Waals surface area contributed by atoms with Crippen molar-refractivity contribution in [2.24, 2.45) is 0 Å². The van der Waals surface area contributed by atoms with Gasteiger partial charge in [0.1, 0.15) is 0 Å². The molecule has 0 heterocycles. The van der Waals surface area contributed by atoms with Crippen LogP contribution in [0.1, 0.15) is 31.8 Å². The molecule has 0 spiro atoms. The van der Waals surface area contributed by atoms with Crippen LogP contribution in [0.25, 0.3) is 9.81 Å². The fourth-order valence-electron chi connectivity index (χ4n) is 3.98. The first-order valence-corrected chi connectivity index (χ1v) is 14.5. The lowest BCUT2D eigenvalue weighted by molar-refractivity contribution is 0.103. The van der Waals surface area contributed by atoms with Gasteiger partial charge in [0.15, 0.2) is 11.6 Å². The van der Waals surface area contributed by atoms with E-state index in [9.17, 15) is 9.59 Å². The lowest BCUT2D eigenvalue weighted by atomic mass is 10.0. The summed E-state index contributed by atoms with van der Waals surface area (Å²) in [5, 5.41) is 0. The first-order chi connectivity index (χ1) is 19.7. The summed E-state index contributed by atoms with van der Waals surface area (Å²) in [7, 11) is 0. The maximum Gasteiger partial charge on any atom is 0.186 e. The molecule has 0 fully saturated rings. The second-order valence-electron chi connectivity index (χ2n) is 8.89. The topological polar surface area (TPSA) is 34.1 Å². The molecule has 0 aromatic heterocycles. The van der Waals surface area contributed by atoms with Gasteiger partial charge in [-0.15, -0.1) is 0 Å². The van der Waals surface area contributed by atoms with Crippen molar-refractivity contribution in [3.8, 4) is 0 Å². The van der Waals surface area contributed by atoms with Crippen molar-refractivity contribution in [2.45, 2.75) is 9.79 Å². The molecule has 5 rings (SSSR count). The lowest BCUT2D eigenvalue weighted by Crippen LogP contribution is -2.00. The van der Waals surface area contributed by atoms with Crippen LogP contribution < -0.4 is 0 Å². The zero-order valence-corrected chi connectivity index (χ0v) is 23.3. The molecule has 194 valence electrons. The third-order valence-electron chi connectivity index (χ3n) is 6.04. The Morgan fingerprint density at radius 1 is 0.375 bits per heavy atom. The smallest absolute Gasteiger partial charge is 0.186 e. The highest BCUT2D eigenvalue weighted by molar-refractivity contribution is 8.08. The third kappa shape index (κ3) is 7.38. The van der Waals surface area contributed by atoms with Crippen LogP contribution in [0.2, 0.25) is 0 Å². The first kappa shape index (κ1) is 27.2. The van der Waals surface area contributed by atoms with Crippen LogP contribution in [0.4, 0.5) is 0 Å². The number of ketones is 2. The predicted molar refractivity (Wildman–Crippen MR) is 169 cm³/mol. The highest BCUT2D eigenvalue weighted by Crippen LogP contribution is 2.35. The average molecular weight is 555 g/mol. The molecule has 0 saturated carbocycles. The maximum atomic E-state index is 13.3. The number of hydrogen-bond donors (Lipinski definition) is 0. The van der Waals surface area contributed by atoms with Gasteiger partial charge in [-0.1, -0.05) is 145 Å². The van der Waals surface area contributed by atoms with E-state index >= 15 is 0 Å². The number of benzene rings is 5. The van der Waals surface area contributed by atoms with Crippen molar-refractivity contribution >= 4 is 44.9 Å². The number of carbonyl (C=O) groups excluding carboxylic acids is 2. The Kier molecular flexibility index (Phi) is 9.25. The van der Waals surface area contributed by atoms with Crippen LogP contribution >= 0.6 is 23.5 Å². The van der Waals surface area contributed by atoms with Crippen molar-refractivity contribution in [1.29, 1.82) is 0 Å².